The molecule has 0 atom stereocenters. The molecule has 0 unspecified atom stereocenters. The summed E-state index contributed by atoms with van der Waals surface area (Å²) in [5.74, 6) is -2.43. The maximum atomic E-state index is 11.6. The Morgan fingerprint density at radius 3 is 1.43 bits per heavy atom. The molecule has 4 nitrogen and oxygen atoms in total. The van der Waals surface area contributed by atoms with Crippen LogP contribution in [0.2, 0.25) is 0 Å². The SMILES string of the molecule is CCCCCCCCCCCC(C(=O)O)(C(=O)O)C(C)(C)C.[Ca+2].[H-].[H-]. The smallest absolute Gasteiger partial charge is 1.00 e. The molecule has 134 valence electrons. The van der Waals surface area contributed by atoms with Crippen LogP contribution in [0.5, 0.6) is 0 Å². The first-order valence-corrected chi connectivity index (χ1v) is 8.67. The topological polar surface area (TPSA) is 74.6 Å². The van der Waals surface area contributed by atoms with E-state index in [9.17, 15) is 19.8 Å². The van der Waals surface area contributed by atoms with E-state index in [1.165, 1.54) is 32.1 Å². The van der Waals surface area contributed by atoms with E-state index in [0.717, 1.165) is 19.3 Å². The van der Waals surface area contributed by atoms with Crippen LogP contribution in [0.25, 0.3) is 0 Å². The Balaban J connectivity index is -0.000000735. The fraction of sp³-hybridized carbons (Fsp3) is 0.889. The molecule has 0 aromatic rings. The third-order valence-electron chi connectivity index (χ3n) is 4.67. The molecule has 0 aliphatic heterocycles. The molecular weight excluding hydrogens is 320 g/mol. The molecule has 2 N–H and O–H groups in total. The van der Waals surface area contributed by atoms with Gasteiger partial charge in [0.1, 0.15) is 0 Å². The van der Waals surface area contributed by atoms with Crippen LogP contribution in [-0.4, -0.2) is 59.9 Å². The van der Waals surface area contributed by atoms with Gasteiger partial charge < -0.3 is 13.1 Å². The van der Waals surface area contributed by atoms with Gasteiger partial charge in [-0.25, -0.2) is 0 Å². The summed E-state index contributed by atoms with van der Waals surface area (Å²) in [4.78, 5) is 23.2. The molecule has 0 bridgehead atoms. The summed E-state index contributed by atoms with van der Waals surface area (Å²) in [5.41, 5.74) is -2.49. The Kier molecular flexibility index (Phi) is 13.9. The predicted molar refractivity (Wildman–Crippen MR) is 97.0 cm³/mol. The van der Waals surface area contributed by atoms with Crippen molar-refractivity contribution in [1.82, 2.24) is 0 Å². The average molecular weight is 357 g/mol. The molecule has 0 heterocycles. The van der Waals surface area contributed by atoms with E-state index in [2.05, 4.69) is 6.92 Å². The third kappa shape index (κ3) is 8.22. The predicted octanol–water partition coefficient (Wildman–Crippen LogP) is 4.95. The average Bonchev–Trinajstić information content (AvgIpc) is 2.38. The molecule has 23 heavy (non-hydrogen) atoms. The molecule has 0 aromatic carbocycles. The number of aliphatic carboxylic acids is 2. The van der Waals surface area contributed by atoms with Crippen molar-refractivity contribution >= 4 is 49.7 Å². The van der Waals surface area contributed by atoms with Crippen LogP contribution in [0, 0.1) is 10.8 Å². The largest absolute Gasteiger partial charge is 2.00 e. The van der Waals surface area contributed by atoms with Crippen molar-refractivity contribution in [2.75, 3.05) is 0 Å². The summed E-state index contributed by atoms with van der Waals surface area (Å²) < 4.78 is 0. The van der Waals surface area contributed by atoms with Gasteiger partial charge in [-0.1, -0.05) is 85.5 Å². The fourth-order valence-electron chi connectivity index (χ4n) is 3.02. The summed E-state index contributed by atoms with van der Waals surface area (Å²) in [5, 5.41) is 18.9. The van der Waals surface area contributed by atoms with Gasteiger partial charge in [-0.05, 0) is 11.8 Å². The molecule has 0 saturated carbocycles. The minimum absolute atomic E-state index is 0. The van der Waals surface area contributed by atoms with Crippen molar-refractivity contribution in [1.29, 1.82) is 0 Å². The summed E-state index contributed by atoms with van der Waals surface area (Å²) in [6, 6.07) is 0. The number of rotatable bonds is 12. The minimum atomic E-state index is -1.69. The van der Waals surface area contributed by atoms with Crippen LogP contribution in [0.3, 0.4) is 0 Å². The van der Waals surface area contributed by atoms with Gasteiger partial charge in [-0.2, -0.15) is 0 Å². The maximum Gasteiger partial charge on any atom is 2.00 e. The molecule has 0 aliphatic rings. The minimum Gasteiger partial charge on any atom is -1.00 e. The zero-order chi connectivity index (χ0) is 17.2. The first-order valence-electron chi connectivity index (χ1n) is 8.67. The van der Waals surface area contributed by atoms with Crippen LogP contribution in [0.15, 0.2) is 0 Å². The number of carbonyl (C=O) groups is 2. The number of carboxylic acid groups (broad SMARTS) is 2. The number of carboxylic acids is 2. The monoisotopic (exact) mass is 356 g/mol. The Morgan fingerprint density at radius 1 is 0.783 bits per heavy atom. The van der Waals surface area contributed by atoms with Crippen molar-refractivity contribution in [3.63, 3.8) is 0 Å². The second-order valence-electron chi connectivity index (χ2n) is 7.34. The molecule has 0 spiro atoms. The molecule has 0 saturated heterocycles. The second kappa shape index (κ2) is 12.5. The zero-order valence-electron chi connectivity index (χ0n) is 17.5. The molecule has 0 radical (unpaired) electrons. The van der Waals surface area contributed by atoms with E-state index < -0.39 is 22.8 Å². The van der Waals surface area contributed by atoms with Crippen molar-refractivity contribution in [3.05, 3.63) is 0 Å². The molecule has 0 amide bonds. The van der Waals surface area contributed by atoms with Gasteiger partial charge in [-0.3, -0.25) is 9.59 Å². The van der Waals surface area contributed by atoms with Gasteiger partial charge in [0.2, 0.25) is 0 Å². The first kappa shape index (κ1) is 25.4. The van der Waals surface area contributed by atoms with Gasteiger partial charge in [0.25, 0.3) is 0 Å². The van der Waals surface area contributed by atoms with Crippen LogP contribution >= 0.6 is 0 Å². The van der Waals surface area contributed by atoms with E-state index in [1.807, 2.05) is 0 Å². The Bertz CT molecular complexity index is 343. The van der Waals surface area contributed by atoms with E-state index in [0.29, 0.717) is 6.42 Å². The van der Waals surface area contributed by atoms with Gasteiger partial charge in [-0.15, -0.1) is 0 Å². The standard InChI is InChI=1S/C18H34O4.Ca.2H/c1-5-6-7-8-9-10-11-12-13-14-18(15(19)20,16(21)22)17(2,3)4;;;/h5-14H2,1-4H3,(H,19,20)(H,21,22);;;/q;+2;2*-1. The van der Waals surface area contributed by atoms with Crippen LogP contribution in [-0.2, 0) is 9.59 Å². The van der Waals surface area contributed by atoms with Gasteiger partial charge >= 0.3 is 49.7 Å². The summed E-state index contributed by atoms with van der Waals surface area (Å²) in [6.45, 7) is 7.29. The molecule has 0 aromatic heterocycles. The Morgan fingerprint density at radius 2 is 1.13 bits per heavy atom. The normalized spacial score (nSPS) is 11.8. The van der Waals surface area contributed by atoms with Crippen LogP contribution in [0.4, 0.5) is 0 Å². The quantitative estimate of drug-likeness (QED) is 0.295. The van der Waals surface area contributed by atoms with E-state index in [1.54, 1.807) is 20.8 Å². The zero-order valence-corrected chi connectivity index (χ0v) is 17.7. The number of hydrogen-bond acceptors (Lipinski definition) is 2. The van der Waals surface area contributed by atoms with Crippen LogP contribution < -0.4 is 0 Å². The molecule has 0 aliphatic carbocycles. The third-order valence-corrected chi connectivity index (χ3v) is 4.67. The van der Waals surface area contributed by atoms with Crippen molar-refractivity contribution in [2.45, 2.75) is 91.9 Å². The summed E-state index contributed by atoms with van der Waals surface area (Å²) in [6.07, 6.45) is 10.3. The number of unbranched alkanes of at least 4 members (excludes halogenated alkanes) is 8. The van der Waals surface area contributed by atoms with Crippen LogP contribution in [0.1, 0.15) is 94.8 Å². The van der Waals surface area contributed by atoms with Gasteiger partial charge in [0, 0.05) is 0 Å². The van der Waals surface area contributed by atoms with E-state index in [4.69, 9.17) is 0 Å². The summed E-state index contributed by atoms with van der Waals surface area (Å²) >= 11 is 0. The fourth-order valence-corrected chi connectivity index (χ4v) is 3.02. The van der Waals surface area contributed by atoms with Crippen molar-refractivity contribution < 1.29 is 22.7 Å². The van der Waals surface area contributed by atoms with Crippen molar-refractivity contribution in [3.8, 4) is 0 Å². The van der Waals surface area contributed by atoms with Gasteiger partial charge in [0.15, 0.2) is 5.41 Å². The van der Waals surface area contributed by atoms with Crippen molar-refractivity contribution in [2.24, 2.45) is 10.8 Å². The molecule has 0 rings (SSSR count). The maximum absolute atomic E-state index is 11.6. The molecular formula is C18H36CaO4. The molecule has 5 heteroatoms. The van der Waals surface area contributed by atoms with Gasteiger partial charge in [0.05, 0.1) is 0 Å². The first-order chi connectivity index (χ1) is 10.2. The van der Waals surface area contributed by atoms with E-state index in [-0.39, 0.29) is 47.0 Å². The Hall–Kier alpha value is 0.200. The molecule has 0 fully saturated rings. The Labute approximate surface area is 174 Å². The summed E-state index contributed by atoms with van der Waals surface area (Å²) in [7, 11) is 0. The number of hydrogen-bond donors (Lipinski definition) is 2. The van der Waals surface area contributed by atoms with E-state index >= 15 is 0 Å². The second-order valence-corrected chi connectivity index (χ2v) is 7.34.